The van der Waals surface area contributed by atoms with Crippen LogP contribution in [-0.4, -0.2) is 0 Å². The molecule has 0 N–H and O–H groups in total. The lowest BCUT2D eigenvalue weighted by atomic mass is 9.92. The zero-order chi connectivity index (χ0) is 8.97. The highest BCUT2D eigenvalue weighted by atomic mass is 14.2. The molecule has 0 aliphatic heterocycles. The van der Waals surface area contributed by atoms with Crippen LogP contribution < -0.4 is 0 Å². The van der Waals surface area contributed by atoms with Crippen LogP contribution in [0.2, 0.25) is 0 Å². The van der Waals surface area contributed by atoms with Crippen LogP contribution in [0.5, 0.6) is 0 Å². The molecule has 0 aromatic heterocycles. The highest BCUT2D eigenvalue weighted by Gasteiger charge is 2.19. The lowest BCUT2D eigenvalue weighted by molar-refractivity contribution is 0.391. The van der Waals surface area contributed by atoms with E-state index in [2.05, 4.69) is 26.5 Å². The van der Waals surface area contributed by atoms with E-state index < -0.39 is 0 Å². The molecule has 70 valence electrons. The Labute approximate surface area is 77.1 Å². The second-order valence-electron chi connectivity index (χ2n) is 4.65. The van der Waals surface area contributed by atoms with Gasteiger partial charge in [0, 0.05) is 0 Å². The molecule has 0 radical (unpaired) electrons. The van der Waals surface area contributed by atoms with E-state index in [-0.39, 0.29) is 0 Å². The molecule has 1 aliphatic rings. The Morgan fingerprint density at radius 2 is 1.92 bits per heavy atom. The summed E-state index contributed by atoms with van der Waals surface area (Å²) in [5.74, 6) is 2.82. The molecule has 0 nitrogen and oxygen atoms in total. The van der Waals surface area contributed by atoms with Gasteiger partial charge in [0.25, 0.3) is 0 Å². The molecule has 0 spiro atoms. The summed E-state index contributed by atoms with van der Waals surface area (Å²) < 4.78 is 0. The summed E-state index contributed by atoms with van der Waals surface area (Å²) in [5.41, 5.74) is 0. The fraction of sp³-hybridized carbons (Fsp3) is 0.833. The Morgan fingerprint density at radius 1 is 1.17 bits per heavy atom. The second kappa shape index (κ2) is 4.69. The maximum atomic E-state index is 3.83. The van der Waals surface area contributed by atoms with Crippen LogP contribution in [-0.2, 0) is 0 Å². The maximum Gasteiger partial charge on any atom is -0.0325 e. The van der Waals surface area contributed by atoms with E-state index in [0.717, 1.165) is 17.8 Å². The molecule has 1 saturated carbocycles. The normalized spacial score (nSPS) is 37.3. The zero-order valence-electron chi connectivity index (χ0n) is 8.55. The van der Waals surface area contributed by atoms with Gasteiger partial charge >= 0.3 is 0 Å². The van der Waals surface area contributed by atoms with Gasteiger partial charge in [-0.3, -0.25) is 0 Å². The van der Waals surface area contributed by atoms with Crippen molar-refractivity contribution in [3.63, 3.8) is 0 Å². The third-order valence-corrected chi connectivity index (χ3v) is 3.11. The van der Waals surface area contributed by atoms with E-state index in [1.165, 1.54) is 32.1 Å². The molecule has 0 bridgehead atoms. The number of hydrogen-bond donors (Lipinski definition) is 0. The lowest BCUT2D eigenvalue weighted by Gasteiger charge is -2.14. The Hall–Kier alpha value is -0.260. The second-order valence-corrected chi connectivity index (χ2v) is 4.65. The van der Waals surface area contributed by atoms with Crippen LogP contribution in [0.1, 0.15) is 46.0 Å². The van der Waals surface area contributed by atoms with Gasteiger partial charge in [-0.2, -0.15) is 0 Å². The summed E-state index contributed by atoms with van der Waals surface area (Å²) in [6.45, 7) is 8.63. The zero-order valence-corrected chi connectivity index (χ0v) is 8.55. The summed E-state index contributed by atoms with van der Waals surface area (Å²) in [4.78, 5) is 0. The van der Waals surface area contributed by atoms with Crippen LogP contribution in [0.3, 0.4) is 0 Å². The molecular weight excluding hydrogens is 144 g/mol. The van der Waals surface area contributed by atoms with Crippen molar-refractivity contribution < 1.29 is 0 Å². The first-order valence-corrected chi connectivity index (χ1v) is 5.33. The van der Waals surface area contributed by atoms with Crippen LogP contribution in [0.15, 0.2) is 12.7 Å². The molecule has 1 fully saturated rings. The quantitative estimate of drug-likeness (QED) is 0.429. The molecule has 12 heavy (non-hydrogen) atoms. The average molecular weight is 166 g/mol. The predicted octanol–water partition coefficient (Wildman–Crippen LogP) is 4.02. The largest absolute Gasteiger partial charge is 0.103 e. The van der Waals surface area contributed by atoms with Crippen molar-refractivity contribution in [2.75, 3.05) is 0 Å². The minimum absolute atomic E-state index is 0.933. The van der Waals surface area contributed by atoms with Crippen LogP contribution in [0, 0.1) is 17.8 Å². The minimum atomic E-state index is 0.933. The first-order valence-electron chi connectivity index (χ1n) is 5.33. The van der Waals surface area contributed by atoms with Gasteiger partial charge in [-0.15, -0.1) is 6.58 Å². The Balaban J connectivity index is 2.40. The monoisotopic (exact) mass is 166 g/mol. The molecule has 0 heteroatoms. The van der Waals surface area contributed by atoms with Crippen molar-refractivity contribution in [3.8, 4) is 0 Å². The third-order valence-electron chi connectivity index (χ3n) is 3.11. The molecule has 0 unspecified atom stereocenters. The Bertz CT molecular complexity index is 137. The molecule has 3 atom stereocenters. The number of hydrogen-bond acceptors (Lipinski definition) is 0. The third kappa shape index (κ3) is 3.00. The summed E-state index contributed by atoms with van der Waals surface area (Å²) in [6.07, 6.45) is 9.05. The van der Waals surface area contributed by atoms with Crippen molar-refractivity contribution in [2.45, 2.75) is 46.0 Å². The number of allylic oxidation sites excluding steroid dienone is 1. The standard InChI is InChI=1S/C12H22/c1-4-5-12-7-6-10(2)8-11(3)9-12/h4,10-12H,1,5-9H2,2-3H3/t10-,11-,12+/m0/s1. The van der Waals surface area contributed by atoms with E-state index in [1.807, 2.05) is 0 Å². The fourth-order valence-corrected chi connectivity index (χ4v) is 2.56. The molecule has 0 aromatic carbocycles. The van der Waals surface area contributed by atoms with E-state index in [9.17, 15) is 0 Å². The lowest BCUT2D eigenvalue weighted by Crippen LogP contribution is -2.02. The van der Waals surface area contributed by atoms with Crippen molar-refractivity contribution >= 4 is 0 Å². The molecule has 0 saturated heterocycles. The summed E-state index contributed by atoms with van der Waals surface area (Å²) in [5, 5.41) is 0. The van der Waals surface area contributed by atoms with Gasteiger partial charge in [0.15, 0.2) is 0 Å². The molecular formula is C12H22. The summed E-state index contributed by atoms with van der Waals surface area (Å²) in [7, 11) is 0. The summed E-state index contributed by atoms with van der Waals surface area (Å²) in [6, 6.07) is 0. The highest BCUT2D eigenvalue weighted by Crippen LogP contribution is 2.32. The van der Waals surface area contributed by atoms with E-state index in [1.54, 1.807) is 0 Å². The first kappa shape index (κ1) is 9.83. The van der Waals surface area contributed by atoms with Crippen molar-refractivity contribution in [3.05, 3.63) is 12.7 Å². The number of rotatable bonds is 2. The van der Waals surface area contributed by atoms with Gasteiger partial charge in [-0.05, 0) is 43.4 Å². The Kier molecular flexibility index (Phi) is 3.84. The minimum Gasteiger partial charge on any atom is -0.103 e. The van der Waals surface area contributed by atoms with Crippen LogP contribution in [0.4, 0.5) is 0 Å². The molecule has 0 amide bonds. The highest BCUT2D eigenvalue weighted by molar-refractivity contribution is 4.78. The van der Waals surface area contributed by atoms with Crippen molar-refractivity contribution in [1.29, 1.82) is 0 Å². The molecule has 0 aromatic rings. The van der Waals surface area contributed by atoms with Gasteiger partial charge in [-0.1, -0.05) is 26.3 Å². The topological polar surface area (TPSA) is 0 Å². The van der Waals surface area contributed by atoms with Gasteiger partial charge in [0.05, 0.1) is 0 Å². The predicted molar refractivity (Wildman–Crippen MR) is 55.1 cm³/mol. The van der Waals surface area contributed by atoms with Crippen LogP contribution in [0.25, 0.3) is 0 Å². The van der Waals surface area contributed by atoms with Crippen LogP contribution >= 0.6 is 0 Å². The van der Waals surface area contributed by atoms with E-state index >= 15 is 0 Å². The van der Waals surface area contributed by atoms with Crippen molar-refractivity contribution in [1.82, 2.24) is 0 Å². The molecule has 1 aliphatic carbocycles. The smallest absolute Gasteiger partial charge is 0.0325 e. The maximum absolute atomic E-state index is 3.83. The van der Waals surface area contributed by atoms with Gasteiger partial charge in [0.2, 0.25) is 0 Å². The average Bonchev–Trinajstić information content (AvgIpc) is 2.13. The molecule has 0 heterocycles. The van der Waals surface area contributed by atoms with Gasteiger partial charge in [0.1, 0.15) is 0 Å². The van der Waals surface area contributed by atoms with Gasteiger partial charge in [-0.25, -0.2) is 0 Å². The molecule has 1 rings (SSSR count). The van der Waals surface area contributed by atoms with E-state index in [4.69, 9.17) is 0 Å². The van der Waals surface area contributed by atoms with Crippen molar-refractivity contribution in [2.24, 2.45) is 17.8 Å². The Morgan fingerprint density at radius 3 is 2.58 bits per heavy atom. The SMILES string of the molecule is C=CC[C@@H]1CC[C@H](C)C[C@H](C)C1. The summed E-state index contributed by atoms with van der Waals surface area (Å²) >= 11 is 0. The first-order chi connectivity index (χ1) is 5.72. The van der Waals surface area contributed by atoms with Gasteiger partial charge < -0.3 is 0 Å². The fourth-order valence-electron chi connectivity index (χ4n) is 2.56. The van der Waals surface area contributed by atoms with E-state index in [0.29, 0.717) is 0 Å².